The fourth-order valence-electron chi connectivity index (χ4n) is 2.52. The molecule has 1 aliphatic rings. The van der Waals surface area contributed by atoms with Crippen LogP contribution in [0.25, 0.3) is 5.69 Å². The van der Waals surface area contributed by atoms with Gasteiger partial charge in [0.25, 0.3) is 0 Å². The molecular formula is C16H22N4O2. The number of nitrogens with one attached hydrogen (secondary N) is 2. The topological polar surface area (TPSA) is 71.3 Å². The second kappa shape index (κ2) is 7.02. The molecule has 0 aliphatic carbocycles. The molecule has 1 aromatic carbocycles. The van der Waals surface area contributed by atoms with Crippen molar-refractivity contribution in [2.45, 2.75) is 12.1 Å². The third kappa shape index (κ3) is 3.92. The van der Waals surface area contributed by atoms with E-state index >= 15 is 0 Å². The summed E-state index contributed by atoms with van der Waals surface area (Å²) in [5.74, 6) is 0. The van der Waals surface area contributed by atoms with Gasteiger partial charge in [0.2, 0.25) is 0 Å². The standard InChI is InChI=1S/C16H22N4O2/c21-16(11-17-7-9-22-13-16)12-18-10-14-2-4-15(5-3-14)20-8-1-6-19-20/h1-6,8,17-18,21H,7,9-13H2/t16-/m1/s1. The van der Waals surface area contributed by atoms with Crippen molar-refractivity contribution in [3.8, 4) is 5.69 Å². The minimum atomic E-state index is -0.842. The van der Waals surface area contributed by atoms with Crippen molar-refractivity contribution >= 4 is 0 Å². The van der Waals surface area contributed by atoms with Crippen molar-refractivity contribution in [2.75, 3.05) is 32.8 Å². The van der Waals surface area contributed by atoms with Gasteiger partial charge in [0.05, 0.1) is 18.9 Å². The molecule has 0 saturated carbocycles. The summed E-state index contributed by atoms with van der Waals surface area (Å²) in [5, 5.41) is 21.1. The van der Waals surface area contributed by atoms with Crippen LogP contribution in [0.15, 0.2) is 42.7 Å². The SMILES string of the molecule is O[C@@]1(CNCc2ccc(-n3cccn3)cc2)CNCCOC1. The van der Waals surface area contributed by atoms with E-state index in [2.05, 4.69) is 27.9 Å². The zero-order chi connectivity index (χ0) is 15.3. The molecule has 0 amide bonds. The van der Waals surface area contributed by atoms with Crippen LogP contribution in [-0.2, 0) is 11.3 Å². The largest absolute Gasteiger partial charge is 0.385 e. The van der Waals surface area contributed by atoms with E-state index in [9.17, 15) is 5.11 Å². The van der Waals surface area contributed by atoms with Crippen molar-refractivity contribution < 1.29 is 9.84 Å². The van der Waals surface area contributed by atoms with Gasteiger partial charge in [0.1, 0.15) is 5.60 Å². The molecule has 0 bridgehead atoms. The van der Waals surface area contributed by atoms with Gasteiger partial charge in [-0.25, -0.2) is 4.68 Å². The molecule has 1 fully saturated rings. The molecule has 1 aromatic heterocycles. The van der Waals surface area contributed by atoms with Gasteiger partial charge in [0, 0.05) is 38.6 Å². The summed E-state index contributed by atoms with van der Waals surface area (Å²) in [7, 11) is 0. The number of ether oxygens (including phenoxy) is 1. The lowest BCUT2D eigenvalue weighted by molar-refractivity contribution is -0.0264. The third-order valence-electron chi connectivity index (χ3n) is 3.74. The monoisotopic (exact) mass is 302 g/mol. The summed E-state index contributed by atoms with van der Waals surface area (Å²) >= 11 is 0. The van der Waals surface area contributed by atoms with E-state index in [0.29, 0.717) is 32.8 Å². The van der Waals surface area contributed by atoms with Gasteiger partial charge in [0.15, 0.2) is 0 Å². The summed E-state index contributed by atoms with van der Waals surface area (Å²) in [5.41, 5.74) is 1.36. The molecule has 118 valence electrons. The molecule has 1 atom stereocenters. The normalized spacial score (nSPS) is 22.4. The summed E-state index contributed by atoms with van der Waals surface area (Å²) in [6, 6.07) is 10.1. The van der Waals surface area contributed by atoms with E-state index in [-0.39, 0.29) is 0 Å². The number of aliphatic hydroxyl groups is 1. The van der Waals surface area contributed by atoms with Crippen LogP contribution < -0.4 is 10.6 Å². The minimum Gasteiger partial charge on any atom is -0.385 e. The third-order valence-corrected chi connectivity index (χ3v) is 3.74. The molecule has 2 aromatic rings. The van der Waals surface area contributed by atoms with Crippen LogP contribution in [0.5, 0.6) is 0 Å². The number of β-amino-alcohol motifs (C(OH)–C–C–N with tert-alkyl or cyclic N) is 1. The Morgan fingerprint density at radius 2 is 2.23 bits per heavy atom. The zero-order valence-corrected chi connectivity index (χ0v) is 12.5. The van der Waals surface area contributed by atoms with E-state index < -0.39 is 5.60 Å². The molecule has 0 radical (unpaired) electrons. The van der Waals surface area contributed by atoms with Crippen LogP contribution in [0.4, 0.5) is 0 Å². The Labute approximate surface area is 130 Å². The molecule has 3 N–H and O–H groups in total. The molecule has 22 heavy (non-hydrogen) atoms. The molecule has 2 heterocycles. The van der Waals surface area contributed by atoms with Gasteiger partial charge >= 0.3 is 0 Å². The van der Waals surface area contributed by atoms with Crippen LogP contribution in [0.3, 0.4) is 0 Å². The first-order valence-electron chi connectivity index (χ1n) is 7.56. The van der Waals surface area contributed by atoms with Crippen molar-refractivity contribution in [3.63, 3.8) is 0 Å². The number of aromatic nitrogens is 2. The summed E-state index contributed by atoms with van der Waals surface area (Å²) in [6.45, 7) is 3.57. The van der Waals surface area contributed by atoms with Crippen LogP contribution in [-0.4, -0.2) is 53.3 Å². The Morgan fingerprint density at radius 1 is 1.36 bits per heavy atom. The molecular weight excluding hydrogens is 280 g/mol. The number of hydrogen-bond donors (Lipinski definition) is 3. The molecule has 3 rings (SSSR count). The quantitative estimate of drug-likeness (QED) is 0.742. The molecule has 0 unspecified atom stereocenters. The van der Waals surface area contributed by atoms with Gasteiger partial charge in [-0.3, -0.25) is 0 Å². The first-order chi connectivity index (χ1) is 10.8. The van der Waals surface area contributed by atoms with E-state index in [0.717, 1.165) is 12.2 Å². The van der Waals surface area contributed by atoms with E-state index in [4.69, 9.17) is 4.74 Å². The number of benzene rings is 1. The van der Waals surface area contributed by atoms with Crippen LogP contribution >= 0.6 is 0 Å². The average Bonchev–Trinajstić information content (AvgIpc) is 2.98. The minimum absolute atomic E-state index is 0.366. The highest BCUT2D eigenvalue weighted by atomic mass is 16.5. The smallest absolute Gasteiger partial charge is 0.113 e. The Bertz CT molecular complexity index is 560. The summed E-state index contributed by atoms with van der Waals surface area (Å²) in [4.78, 5) is 0. The predicted molar refractivity (Wildman–Crippen MR) is 83.9 cm³/mol. The molecule has 6 nitrogen and oxygen atoms in total. The Hall–Kier alpha value is -1.73. The van der Waals surface area contributed by atoms with Crippen LogP contribution in [0.2, 0.25) is 0 Å². The fourth-order valence-corrected chi connectivity index (χ4v) is 2.52. The Morgan fingerprint density at radius 3 is 3.00 bits per heavy atom. The maximum atomic E-state index is 10.4. The number of rotatable bonds is 5. The van der Waals surface area contributed by atoms with E-state index in [1.165, 1.54) is 5.56 Å². The van der Waals surface area contributed by atoms with Crippen molar-refractivity contribution in [2.24, 2.45) is 0 Å². The Balaban J connectivity index is 1.51. The molecule has 1 saturated heterocycles. The van der Waals surface area contributed by atoms with Crippen molar-refractivity contribution in [3.05, 3.63) is 48.3 Å². The lowest BCUT2D eigenvalue weighted by atomic mass is 10.1. The van der Waals surface area contributed by atoms with Gasteiger partial charge in [-0.05, 0) is 23.8 Å². The second-order valence-electron chi connectivity index (χ2n) is 5.67. The number of nitrogens with zero attached hydrogens (tertiary/aromatic N) is 2. The maximum absolute atomic E-state index is 10.4. The van der Waals surface area contributed by atoms with Gasteiger partial charge in [-0.1, -0.05) is 12.1 Å². The average molecular weight is 302 g/mol. The van der Waals surface area contributed by atoms with E-state index in [1.54, 1.807) is 6.20 Å². The maximum Gasteiger partial charge on any atom is 0.113 e. The summed E-state index contributed by atoms with van der Waals surface area (Å²) in [6.07, 6.45) is 3.68. The van der Waals surface area contributed by atoms with Crippen LogP contribution in [0, 0.1) is 0 Å². The zero-order valence-electron chi connectivity index (χ0n) is 12.5. The van der Waals surface area contributed by atoms with E-state index in [1.807, 2.05) is 29.1 Å². The lowest BCUT2D eigenvalue weighted by Gasteiger charge is -2.26. The van der Waals surface area contributed by atoms with Crippen molar-refractivity contribution in [1.82, 2.24) is 20.4 Å². The van der Waals surface area contributed by atoms with Crippen molar-refractivity contribution in [1.29, 1.82) is 0 Å². The predicted octanol–water partition coefficient (Wildman–Crippen LogP) is 0.313. The number of hydrogen-bond acceptors (Lipinski definition) is 5. The summed E-state index contributed by atoms with van der Waals surface area (Å²) < 4.78 is 7.24. The molecule has 0 spiro atoms. The van der Waals surface area contributed by atoms with Gasteiger partial charge < -0.3 is 20.5 Å². The second-order valence-corrected chi connectivity index (χ2v) is 5.67. The highest BCUT2D eigenvalue weighted by Crippen LogP contribution is 2.10. The molecule has 6 heteroatoms. The van der Waals surface area contributed by atoms with Gasteiger partial charge in [-0.15, -0.1) is 0 Å². The highest BCUT2D eigenvalue weighted by molar-refractivity contribution is 5.33. The fraction of sp³-hybridized carbons (Fsp3) is 0.438. The van der Waals surface area contributed by atoms with Crippen LogP contribution in [0.1, 0.15) is 5.56 Å². The first kappa shape index (κ1) is 15.2. The first-order valence-corrected chi connectivity index (χ1v) is 7.56. The highest BCUT2D eigenvalue weighted by Gasteiger charge is 2.28. The Kier molecular flexibility index (Phi) is 4.84. The lowest BCUT2D eigenvalue weighted by Crippen LogP contribution is -2.50. The van der Waals surface area contributed by atoms with Gasteiger partial charge in [-0.2, -0.15) is 5.10 Å². The molecule has 1 aliphatic heterocycles.